The monoisotopic (exact) mass is 417 g/mol. The number of rotatable bonds is 5. The number of esters is 1. The van der Waals surface area contributed by atoms with Gasteiger partial charge in [-0.05, 0) is 67.7 Å². The highest BCUT2D eigenvalue weighted by Crippen LogP contribution is 2.56. The van der Waals surface area contributed by atoms with E-state index in [1.54, 1.807) is 6.07 Å². The van der Waals surface area contributed by atoms with Gasteiger partial charge in [0.15, 0.2) is 0 Å². The first-order valence-corrected chi connectivity index (χ1v) is 11.1. The second-order valence-electron chi connectivity index (χ2n) is 9.26. The standard InChI is InChI=1S/C26H27NO4/c1-15-7-6-10-21(16(15)2)31-26(30)20(13-17-8-4-3-5-9-17)27-24(28)22-18-11-12-19(14-18)23(22)25(27)29/h3-10,18-20,22-23H,11-14H2,1-2H3/t18-,19-,20-,22-,23+/m1/s1. The molecular weight excluding hydrogens is 390 g/mol. The first-order valence-electron chi connectivity index (χ1n) is 11.1. The van der Waals surface area contributed by atoms with Gasteiger partial charge in [0.1, 0.15) is 11.8 Å². The van der Waals surface area contributed by atoms with E-state index in [0.29, 0.717) is 5.75 Å². The summed E-state index contributed by atoms with van der Waals surface area (Å²) < 4.78 is 5.78. The van der Waals surface area contributed by atoms with Gasteiger partial charge in [-0.25, -0.2) is 4.79 Å². The molecule has 5 heteroatoms. The van der Waals surface area contributed by atoms with E-state index in [1.807, 2.05) is 56.3 Å². The van der Waals surface area contributed by atoms with E-state index < -0.39 is 12.0 Å². The summed E-state index contributed by atoms with van der Waals surface area (Å²) in [6.45, 7) is 3.86. The van der Waals surface area contributed by atoms with Crippen LogP contribution in [0.5, 0.6) is 5.75 Å². The minimum absolute atomic E-state index is 0.180. The van der Waals surface area contributed by atoms with Crippen molar-refractivity contribution >= 4 is 17.8 Å². The highest BCUT2D eigenvalue weighted by Gasteiger charge is 2.62. The number of fused-ring (bicyclic) bond motifs is 5. The fourth-order valence-corrected chi connectivity index (χ4v) is 5.87. The summed E-state index contributed by atoms with van der Waals surface area (Å²) in [7, 11) is 0. The zero-order valence-corrected chi connectivity index (χ0v) is 17.9. The molecule has 2 saturated carbocycles. The Balaban J connectivity index is 1.47. The quantitative estimate of drug-likeness (QED) is 0.421. The molecule has 2 amide bonds. The van der Waals surface area contributed by atoms with Crippen LogP contribution in [0.3, 0.4) is 0 Å². The molecule has 1 saturated heterocycles. The number of nitrogens with zero attached hydrogens (tertiary/aromatic N) is 1. The van der Waals surface area contributed by atoms with Gasteiger partial charge >= 0.3 is 5.97 Å². The summed E-state index contributed by atoms with van der Waals surface area (Å²) in [6, 6.07) is 14.1. The molecule has 2 aliphatic carbocycles. The van der Waals surface area contributed by atoms with Crippen LogP contribution in [-0.2, 0) is 20.8 Å². The van der Waals surface area contributed by atoms with Crippen LogP contribution in [0.25, 0.3) is 0 Å². The van der Waals surface area contributed by atoms with Crippen LogP contribution in [0, 0.1) is 37.5 Å². The Morgan fingerprint density at radius 1 is 0.968 bits per heavy atom. The van der Waals surface area contributed by atoms with Crippen molar-refractivity contribution < 1.29 is 19.1 Å². The van der Waals surface area contributed by atoms with E-state index in [4.69, 9.17) is 4.74 Å². The van der Waals surface area contributed by atoms with Crippen molar-refractivity contribution in [3.05, 3.63) is 65.2 Å². The number of carbonyl (C=O) groups is 3. The van der Waals surface area contributed by atoms with Gasteiger partial charge in [0.05, 0.1) is 11.8 Å². The average molecular weight is 418 g/mol. The molecule has 5 atom stereocenters. The maximum absolute atomic E-state index is 13.4. The predicted octanol–water partition coefficient (Wildman–Crippen LogP) is 3.85. The first-order chi connectivity index (χ1) is 15.0. The lowest BCUT2D eigenvalue weighted by Gasteiger charge is -2.26. The highest BCUT2D eigenvalue weighted by atomic mass is 16.5. The van der Waals surface area contributed by atoms with Gasteiger partial charge in [-0.3, -0.25) is 14.5 Å². The normalized spacial score (nSPS) is 27.5. The number of imide groups is 1. The molecule has 2 bridgehead atoms. The van der Waals surface area contributed by atoms with Crippen LogP contribution in [0.1, 0.15) is 36.0 Å². The van der Waals surface area contributed by atoms with Crippen molar-refractivity contribution in [3.8, 4) is 5.75 Å². The number of amides is 2. The van der Waals surface area contributed by atoms with E-state index in [1.165, 1.54) is 4.90 Å². The number of benzene rings is 2. The van der Waals surface area contributed by atoms with Gasteiger partial charge < -0.3 is 4.74 Å². The van der Waals surface area contributed by atoms with Crippen LogP contribution in [0.4, 0.5) is 0 Å². The fourth-order valence-electron chi connectivity index (χ4n) is 5.87. The topological polar surface area (TPSA) is 63.7 Å². The number of hydrogen-bond donors (Lipinski definition) is 0. The lowest BCUT2D eigenvalue weighted by molar-refractivity contribution is -0.154. The van der Waals surface area contributed by atoms with E-state index in [2.05, 4.69) is 0 Å². The molecule has 0 radical (unpaired) electrons. The van der Waals surface area contributed by atoms with E-state index in [9.17, 15) is 14.4 Å². The van der Waals surface area contributed by atoms with E-state index in [-0.39, 0.29) is 41.9 Å². The molecule has 1 aliphatic heterocycles. The Morgan fingerprint density at radius 3 is 2.26 bits per heavy atom. The van der Waals surface area contributed by atoms with Crippen LogP contribution < -0.4 is 4.74 Å². The molecule has 0 N–H and O–H groups in total. The summed E-state index contributed by atoms with van der Waals surface area (Å²) in [5, 5.41) is 0. The van der Waals surface area contributed by atoms with Gasteiger partial charge in [-0.2, -0.15) is 0 Å². The molecular formula is C26H27NO4. The van der Waals surface area contributed by atoms with Crippen LogP contribution in [0.15, 0.2) is 48.5 Å². The van der Waals surface area contributed by atoms with Gasteiger partial charge in [-0.15, -0.1) is 0 Å². The lowest BCUT2D eigenvalue weighted by atomic mass is 9.81. The molecule has 1 heterocycles. The van der Waals surface area contributed by atoms with Crippen LogP contribution in [-0.4, -0.2) is 28.7 Å². The van der Waals surface area contributed by atoms with Crippen molar-refractivity contribution in [1.29, 1.82) is 0 Å². The third-order valence-electron chi connectivity index (χ3n) is 7.58. The summed E-state index contributed by atoms with van der Waals surface area (Å²) in [5.74, 6) is -0.375. The van der Waals surface area contributed by atoms with Gasteiger partial charge in [-0.1, -0.05) is 42.5 Å². The SMILES string of the molecule is Cc1cccc(OC(=O)[C@@H](Cc2ccccc2)N2C(=O)[C@@H]3[C@@H]4CC[C@H](C4)[C@@H]3C2=O)c1C. The molecule has 0 unspecified atom stereocenters. The minimum atomic E-state index is -0.952. The minimum Gasteiger partial charge on any atom is -0.425 e. The van der Waals surface area contributed by atoms with Crippen molar-refractivity contribution in [1.82, 2.24) is 4.90 Å². The Morgan fingerprint density at radius 2 is 1.61 bits per heavy atom. The smallest absolute Gasteiger partial charge is 0.335 e. The first kappa shape index (κ1) is 20.0. The molecule has 2 aromatic rings. The maximum Gasteiger partial charge on any atom is 0.335 e. The third-order valence-corrected chi connectivity index (χ3v) is 7.58. The van der Waals surface area contributed by atoms with Crippen LogP contribution in [0.2, 0.25) is 0 Å². The van der Waals surface area contributed by atoms with Crippen molar-refractivity contribution in [2.24, 2.45) is 23.7 Å². The molecule has 0 aromatic heterocycles. The number of ether oxygens (including phenoxy) is 1. The van der Waals surface area contributed by atoms with E-state index >= 15 is 0 Å². The van der Waals surface area contributed by atoms with E-state index in [0.717, 1.165) is 36.0 Å². The molecule has 0 spiro atoms. The Hall–Kier alpha value is -2.95. The highest BCUT2D eigenvalue weighted by molar-refractivity contribution is 6.08. The van der Waals surface area contributed by atoms with Gasteiger partial charge in [0.2, 0.25) is 11.8 Å². The summed E-state index contributed by atoms with van der Waals surface area (Å²) >= 11 is 0. The molecule has 160 valence electrons. The molecule has 2 aromatic carbocycles. The second kappa shape index (κ2) is 7.63. The Kier molecular flexibility index (Phi) is 4.92. The number of carbonyl (C=O) groups excluding carboxylic acids is 3. The Bertz CT molecular complexity index is 1020. The lowest BCUT2D eigenvalue weighted by Crippen LogP contribution is -2.49. The maximum atomic E-state index is 13.4. The van der Waals surface area contributed by atoms with Gasteiger partial charge in [0.25, 0.3) is 0 Å². The average Bonchev–Trinajstić information content (AvgIpc) is 3.45. The number of likely N-dealkylation sites (tertiary alicyclic amines) is 1. The zero-order valence-electron chi connectivity index (χ0n) is 17.9. The largest absolute Gasteiger partial charge is 0.425 e. The second-order valence-corrected chi connectivity index (χ2v) is 9.26. The zero-order chi connectivity index (χ0) is 21.7. The Labute approximate surface area is 182 Å². The number of hydrogen-bond acceptors (Lipinski definition) is 4. The summed E-state index contributed by atoms with van der Waals surface area (Å²) in [4.78, 5) is 41.4. The van der Waals surface area contributed by atoms with Crippen molar-refractivity contribution in [3.63, 3.8) is 0 Å². The number of aryl methyl sites for hydroxylation is 1. The van der Waals surface area contributed by atoms with Crippen molar-refractivity contribution in [2.75, 3.05) is 0 Å². The molecule has 3 aliphatic rings. The summed E-state index contributed by atoms with van der Waals surface area (Å²) in [5.41, 5.74) is 2.79. The fraction of sp³-hybridized carbons (Fsp3) is 0.423. The van der Waals surface area contributed by atoms with Crippen molar-refractivity contribution in [2.45, 2.75) is 45.6 Å². The molecule has 5 nitrogen and oxygen atoms in total. The molecule has 3 fully saturated rings. The third kappa shape index (κ3) is 3.27. The molecule has 31 heavy (non-hydrogen) atoms. The predicted molar refractivity (Wildman–Crippen MR) is 115 cm³/mol. The van der Waals surface area contributed by atoms with Gasteiger partial charge in [0, 0.05) is 6.42 Å². The molecule has 5 rings (SSSR count). The van der Waals surface area contributed by atoms with Crippen LogP contribution >= 0.6 is 0 Å². The summed E-state index contributed by atoms with van der Waals surface area (Å²) in [6.07, 6.45) is 3.25.